The molecule has 0 saturated heterocycles. The highest BCUT2D eigenvalue weighted by atomic mass is 19.2. The predicted molar refractivity (Wildman–Crippen MR) is 63.9 cm³/mol. The van der Waals surface area contributed by atoms with Crippen molar-refractivity contribution < 1.29 is 18.0 Å². The van der Waals surface area contributed by atoms with Crippen LogP contribution in [0.3, 0.4) is 0 Å². The number of hydrogen-bond acceptors (Lipinski definition) is 1. The van der Waals surface area contributed by atoms with Crippen LogP contribution < -0.4 is 5.32 Å². The Morgan fingerprint density at radius 1 is 1.11 bits per heavy atom. The van der Waals surface area contributed by atoms with Crippen LogP contribution in [0.5, 0.6) is 0 Å². The van der Waals surface area contributed by atoms with Crippen LogP contribution in [0.25, 0.3) is 0 Å². The van der Waals surface area contributed by atoms with Crippen molar-refractivity contribution in [3.63, 3.8) is 0 Å². The fraction of sp³-hybridized carbons (Fsp3) is 0.500. The van der Waals surface area contributed by atoms with Crippen molar-refractivity contribution in [1.29, 1.82) is 0 Å². The van der Waals surface area contributed by atoms with Gasteiger partial charge in [-0.3, -0.25) is 4.79 Å². The van der Waals surface area contributed by atoms with E-state index in [-0.39, 0.29) is 17.5 Å². The van der Waals surface area contributed by atoms with Crippen LogP contribution in [0.4, 0.5) is 18.9 Å². The summed E-state index contributed by atoms with van der Waals surface area (Å²) >= 11 is 0. The molecule has 2 bridgehead atoms. The second-order valence-corrected chi connectivity index (χ2v) is 5.49. The van der Waals surface area contributed by atoms with E-state index in [0.29, 0.717) is 11.8 Å². The molecule has 0 heterocycles. The molecule has 1 N–H and O–H groups in total. The predicted octanol–water partition coefficient (Wildman–Crippen LogP) is 3.48. The Morgan fingerprint density at radius 2 is 1.89 bits per heavy atom. The van der Waals surface area contributed by atoms with Gasteiger partial charge in [0.1, 0.15) is 0 Å². The molecule has 5 heteroatoms. The smallest absolute Gasteiger partial charge is 0.227 e. The molecule has 2 fully saturated rings. The lowest BCUT2D eigenvalue weighted by Gasteiger charge is -2.20. The van der Waals surface area contributed by atoms with Gasteiger partial charge in [0.15, 0.2) is 17.5 Å². The zero-order valence-electron chi connectivity index (χ0n) is 10.3. The van der Waals surface area contributed by atoms with Crippen molar-refractivity contribution in [2.75, 3.05) is 5.32 Å². The summed E-state index contributed by atoms with van der Waals surface area (Å²) in [6, 6.07) is 1.87. The van der Waals surface area contributed by atoms with Crippen LogP contribution in [0.1, 0.15) is 25.7 Å². The van der Waals surface area contributed by atoms with E-state index in [1.165, 1.54) is 0 Å². The van der Waals surface area contributed by atoms with Gasteiger partial charge in [0.2, 0.25) is 5.91 Å². The van der Waals surface area contributed by atoms with Crippen molar-refractivity contribution in [1.82, 2.24) is 0 Å². The Morgan fingerprint density at radius 3 is 2.53 bits per heavy atom. The number of fused-ring (bicyclic) bond motifs is 2. The van der Waals surface area contributed by atoms with E-state index in [2.05, 4.69) is 5.32 Å². The Hall–Kier alpha value is -1.52. The molecule has 3 atom stereocenters. The third-order valence-electron chi connectivity index (χ3n) is 4.37. The molecule has 1 aromatic rings. The molecule has 19 heavy (non-hydrogen) atoms. The van der Waals surface area contributed by atoms with Crippen LogP contribution in [0.2, 0.25) is 0 Å². The van der Waals surface area contributed by atoms with Gasteiger partial charge in [-0.25, -0.2) is 13.2 Å². The molecule has 3 unspecified atom stereocenters. The number of amides is 1. The standard InChI is InChI=1S/C14H14F3NO/c15-10-3-4-11(13(17)12(10)16)18-14(19)9-6-7-1-2-8(9)5-7/h3-4,7-9H,1-2,5-6H2,(H,18,19). The topological polar surface area (TPSA) is 29.1 Å². The summed E-state index contributed by atoms with van der Waals surface area (Å²) in [5.74, 6) is -3.59. The van der Waals surface area contributed by atoms with Crippen molar-refractivity contribution in [2.45, 2.75) is 25.7 Å². The third kappa shape index (κ3) is 2.11. The zero-order chi connectivity index (χ0) is 13.6. The molecule has 1 aromatic carbocycles. The molecular formula is C14H14F3NO. The first-order valence-corrected chi connectivity index (χ1v) is 6.50. The molecule has 2 aliphatic carbocycles. The summed E-state index contributed by atoms with van der Waals surface area (Å²) in [5.41, 5.74) is -0.285. The van der Waals surface area contributed by atoms with Gasteiger partial charge in [0.25, 0.3) is 0 Å². The van der Waals surface area contributed by atoms with Crippen LogP contribution in [-0.2, 0) is 4.79 Å². The zero-order valence-corrected chi connectivity index (χ0v) is 10.3. The fourth-order valence-electron chi connectivity index (χ4n) is 3.41. The Labute approximate surface area is 109 Å². The summed E-state index contributed by atoms with van der Waals surface area (Å²) in [5, 5.41) is 2.38. The Balaban J connectivity index is 1.75. The lowest BCUT2D eigenvalue weighted by molar-refractivity contribution is -0.121. The number of nitrogens with one attached hydrogen (secondary N) is 1. The maximum absolute atomic E-state index is 13.5. The molecule has 0 spiro atoms. The van der Waals surface area contributed by atoms with Gasteiger partial charge < -0.3 is 5.32 Å². The second kappa shape index (κ2) is 4.54. The van der Waals surface area contributed by atoms with E-state index in [1.807, 2.05) is 0 Å². The first-order valence-electron chi connectivity index (χ1n) is 6.50. The van der Waals surface area contributed by atoms with Crippen LogP contribution in [0.15, 0.2) is 12.1 Å². The average Bonchev–Trinajstić information content (AvgIpc) is 3.02. The summed E-state index contributed by atoms with van der Waals surface area (Å²) < 4.78 is 39.3. The normalized spacial score (nSPS) is 28.7. The Bertz CT molecular complexity index is 532. The average molecular weight is 269 g/mol. The number of halogens is 3. The molecule has 102 valence electrons. The number of hydrogen-bond donors (Lipinski definition) is 1. The van der Waals surface area contributed by atoms with E-state index >= 15 is 0 Å². The number of rotatable bonds is 2. The largest absolute Gasteiger partial charge is 0.323 e. The van der Waals surface area contributed by atoms with Gasteiger partial charge in [0.05, 0.1) is 5.69 Å². The van der Waals surface area contributed by atoms with E-state index < -0.39 is 17.5 Å². The van der Waals surface area contributed by atoms with Crippen LogP contribution >= 0.6 is 0 Å². The number of carbonyl (C=O) groups is 1. The first kappa shape index (κ1) is 12.5. The molecule has 1 amide bonds. The van der Waals surface area contributed by atoms with Crippen molar-refractivity contribution >= 4 is 11.6 Å². The van der Waals surface area contributed by atoms with Gasteiger partial charge >= 0.3 is 0 Å². The monoisotopic (exact) mass is 269 g/mol. The van der Waals surface area contributed by atoms with Gasteiger partial charge in [0, 0.05) is 5.92 Å². The van der Waals surface area contributed by atoms with E-state index in [0.717, 1.165) is 37.8 Å². The molecule has 2 aliphatic rings. The number of benzene rings is 1. The second-order valence-electron chi connectivity index (χ2n) is 5.49. The summed E-state index contributed by atoms with van der Waals surface area (Å²) in [6.07, 6.45) is 4.07. The minimum absolute atomic E-state index is 0.119. The first-order chi connectivity index (χ1) is 9.06. The van der Waals surface area contributed by atoms with Gasteiger partial charge in [-0.1, -0.05) is 6.42 Å². The summed E-state index contributed by atoms with van der Waals surface area (Å²) in [6.45, 7) is 0. The highest BCUT2D eigenvalue weighted by molar-refractivity contribution is 5.93. The number of anilines is 1. The maximum Gasteiger partial charge on any atom is 0.227 e. The molecule has 0 aromatic heterocycles. The third-order valence-corrected chi connectivity index (χ3v) is 4.37. The quantitative estimate of drug-likeness (QED) is 0.818. The van der Waals surface area contributed by atoms with Crippen molar-refractivity contribution in [2.24, 2.45) is 17.8 Å². The summed E-state index contributed by atoms with van der Waals surface area (Å²) in [7, 11) is 0. The van der Waals surface area contributed by atoms with Crippen LogP contribution in [0, 0.1) is 35.2 Å². The van der Waals surface area contributed by atoms with Crippen LogP contribution in [-0.4, -0.2) is 5.91 Å². The van der Waals surface area contributed by atoms with Gasteiger partial charge in [-0.2, -0.15) is 0 Å². The minimum atomic E-state index is -1.55. The fourth-order valence-corrected chi connectivity index (χ4v) is 3.41. The molecule has 3 rings (SSSR count). The van der Waals surface area contributed by atoms with E-state index in [1.54, 1.807) is 0 Å². The minimum Gasteiger partial charge on any atom is -0.323 e. The lowest BCUT2D eigenvalue weighted by atomic mass is 9.88. The SMILES string of the molecule is O=C(Nc1ccc(F)c(F)c1F)C1CC2CCC1C2. The summed E-state index contributed by atoms with van der Waals surface area (Å²) in [4.78, 5) is 12.1. The maximum atomic E-state index is 13.5. The van der Waals surface area contributed by atoms with Crippen molar-refractivity contribution in [3.05, 3.63) is 29.6 Å². The van der Waals surface area contributed by atoms with E-state index in [9.17, 15) is 18.0 Å². The molecular weight excluding hydrogens is 255 g/mol. The van der Waals surface area contributed by atoms with Gasteiger partial charge in [-0.05, 0) is 43.2 Å². The molecule has 2 nitrogen and oxygen atoms in total. The van der Waals surface area contributed by atoms with Gasteiger partial charge in [-0.15, -0.1) is 0 Å². The Kier molecular flexibility index (Phi) is 2.99. The molecule has 0 radical (unpaired) electrons. The lowest BCUT2D eigenvalue weighted by Crippen LogP contribution is -2.27. The van der Waals surface area contributed by atoms with Crippen molar-refractivity contribution in [3.8, 4) is 0 Å². The highest BCUT2D eigenvalue weighted by Gasteiger charge is 2.43. The molecule has 2 saturated carbocycles. The molecule has 0 aliphatic heterocycles. The van der Waals surface area contributed by atoms with E-state index in [4.69, 9.17) is 0 Å². The number of carbonyl (C=O) groups excluding carboxylic acids is 1. The highest BCUT2D eigenvalue weighted by Crippen LogP contribution is 2.48.